The Labute approximate surface area is 166 Å². The molecule has 4 aromatic rings. The summed E-state index contributed by atoms with van der Waals surface area (Å²) < 4.78 is 1.96. The van der Waals surface area contributed by atoms with Gasteiger partial charge in [0.15, 0.2) is 5.82 Å². The van der Waals surface area contributed by atoms with Crippen molar-refractivity contribution < 1.29 is 4.79 Å². The van der Waals surface area contributed by atoms with Crippen LogP contribution in [0.4, 0.5) is 5.82 Å². The summed E-state index contributed by atoms with van der Waals surface area (Å²) in [5, 5.41) is 6.90. The minimum Gasteiger partial charge on any atom is -0.371 e. The van der Waals surface area contributed by atoms with E-state index in [2.05, 4.69) is 34.4 Å². The number of carbonyl (C=O) groups excluding carboxylic acids is 1. The van der Waals surface area contributed by atoms with Crippen molar-refractivity contribution in [2.24, 2.45) is 13.0 Å². The normalized spacial score (nSPS) is 11.5. The standard InChI is InChI=1S/C20H22N6OS/c1-11(2)9-22-18(27)12-6-5-7-13(8-12)19-24-15-16-14(23-10-26(16)4)17(21-3)25-20(15)28-19/h5-8,10-11H,9H2,1-4H3,(H,21,25)(H,22,27). The summed E-state index contributed by atoms with van der Waals surface area (Å²) in [4.78, 5) is 27.2. The molecule has 0 radical (unpaired) electrons. The SMILES string of the molecule is CNc1nc2sc(-c3cccc(C(=O)NCC(C)C)c3)nc2c2c1ncn2C. The lowest BCUT2D eigenvalue weighted by Gasteiger charge is -2.08. The summed E-state index contributed by atoms with van der Waals surface area (Å²) in [6.45, 7) is 4.80. The average Bonchev–Trinajstić information content (AvgIpc) is 3.29. The topological polar surface area (TPSA) is 84.7 Å². The Morgan fingerprint density at radius 2 is 2.07 bits per heavy atom. The van der Waals surface area contributed by atoms with Crippen LogP contribution in [0, 0.1) is 5.92 Å². The first-order chi connectivity index (χ1) is 13.5. The Hall–Kier alpha value is -3.00. The van der Waals surface area contributed by atoms with Gasteiger partial charge in [0.25, 0.3) is 5.91 Å². The van der Waals surface area contributed by atoms with Crippen LogP contribution in [-0.4, -0.2) is 39.0 Å². The second kappa shape index (κ2) is 7.20. The second-order valence-corrected chi connectivity index (χ2v) is 8.10. The highest BCUT2D eigenvalue weighted by Gasteiger charge is 2.17. The van der Waals surface area contributed by atoms with E-state index >= 15 is 0 Å². The first kappa shape index (κ1) is 18.4. The highest BCUT2D eigenvalue weighted by atomic mass is 32.1. The van der Waals surface area contributed by atoms with Crippen LogP contribution >= 0.6 is 11.3 Å². The van der Waals surface area contributed by atoms with Gasteiger partial charge in [0.05, 0.1) is 6.33 Å². The lowest BCUT2D eigenvalue weighted by atomic mass is 10.1. The van der Waals surface area contributed by atoms with Gasteiger partial charge in [-0.3, -0.25) is 4.79 Å². The van der Waals surface area contributed by atoms with Gasteiger partial charge in [0.2, 0.25) is 0 Å². The summed E-state index contributed by atoms with van der Waals surface area (Å²) >= 11 is 1.51. The highest BCUT2D eigenvalue weighted by molar-refractivity contribution is 7.21. The lowest BCUT2D eigenvalue weighted by Crippen LogP contribution is -2.27. The van der Waals surface area contributed by atoms with Gasteiger partial charge in [-0.15, -0.1) is 0 Å². The van der Waals surface area contributed by atoms with Gasteiger partial charge in [0.1, 0.15) is 26.4 Å². The number of fused-ring (bicyclic) bond motifs is 3. The number of nitrogens with zero attached hydrogens (tertiary/aromatic N) is 4. The van der Waals surface area contributed by atoms with Gasteiger partial charge in [-0.1, -0.05) is 37.3 Å². The van der Waals surface area contributed by atoms with Crippen molar-refractivity contribution in [2.45, 2.75) is 13.8 Å². The fourth-order valence-electron chi connectivity index (χ4n) is 3.07. The number of hydrogen-bond acceptors (Lipinski definition) is 6. The summed E-state index contributed by atoms with van der Waals surface area (Å²) in [6.07, 6.45) is 1.77. The third-order valence-electron chi connectivity index (χ3n) is 4.49. The monoisotopic (exact) mass is 394 g/mol. The predicted octanol–water partition coefficient (Wildman–Crippen LogP) is 3.67. The number of hydrogen-bond donors (Lipinski definition) is 2. The number of anilines is 1. The third kappa shape index (κ3) is 3.20. The maximum absolute atomic E-state index is 12.4. The molecule has 0 saturated carbocycles. The average molecular weight is 395 g/mol. The Morgan fingerprint density at radius 3 is 2.82 bits per heavy atom. The molecule has 7 nitrogen and oxygen atoms in total. The molecule has 0 saturated heterocycles. The molecule has 28 heavy (non-hydrogen) atoms. The van der Waals surface area contributed by atoms with Gasteiger partial charge < -0.3 is 15.2 Å². The number of aryl methyl sites for hydroxylation is 1. The Balaban J connectivity index is 1.78. The molecule has 0 aliphatic rings. The van der Waals surface area contributed by atoms with Crippen molar-refractivity contribution in [1.29, 1.82) is 0 Å². The molecule has 3 aromatic heterocycles. The Kier molecular flexibility index (Phi) is 4.72. The van der Waals surface area contributed by atoms with Crippen molar-refractivity contribution in [3.63, 3.8) is 0 Å². The maximum Gasteiger partial charge on any atom is 0.251 e. The molecular formula is C20H22N6OS. The number of aromatic nitrogens is 4. The van der Waals surface area contributed by atoms with Crippen molar-refractivity contribution in [2.75, 3.05) is 18.9 Å². The van der Waals surface area contributed by atoms with E-state index in [4.69, 9.17) is 4.98 Å². The minimum atomic E-state index is -0.0683. The Bertz CT molecular complexity index is 1180. The molecular weight excluding hydrogens is 372 g/mol. The molecule has 0 aliphatic heterocycles. The van der Waals surface area contributed by atoms with Gasteiger partial charge in [-0.25, -0.2) is 15.0 Å². The van der Waals surface area contributed by atoms with E-state index in [0.29, 0.717) is 18.0 Å². The van der Waals surface area contributed by atoms with E-state index in [1.807, 2.05) is 42.9 Å². The molecule has 4 rings (SSSR count). The summed E-state index contributed by atoms with van der Waals surface area (Å²) in [7, 11) is 3.79. The first-order valence-electron chi connectivity index (χ1n) is 9.16. The summed E-state index contributed by atoms with van der Waals surface area (Å²) in [6, 6.07) is 7.56. The molecule has 0 fully saturated rings. The molecule has 1 amide bonds. The predicted molar refractivity (Wildman–Crippen MR) is 114 cm³/mol. The number of pyridine rings is 1. The maximum atomic E-state index is 12.4. The molecule has 8 heteroatoms. The molecule has 0 bridgehead atoms. The first-order valence-corrected chi connectivity index (χ1v) is 9.97. The van der Waals surface area contributed by atoms with Gasteiger partial charge in [0, 0.05) is 31.8 Å². The fraction of sp³-hybridized carbons (Fsp3) is 0.300. The van der Waals surface area contributed by atoms with Crippen LogP contribution in [0.3, 0.4) is 0 Å². The van der Waals surface area contributed by atoms with Crippen LogP contribution in [0.1, 0.15) is 24.2 Å². The van der Waals surface area contributed by atoms with E-state index in [-0.39, 0.29) is 5.91 Å². The number of imidazole rings is 1. The zero-order valence-electron chi connectivity index (χ0n) is 16.3. The smallest absolute Gasteiger partial charge is 0.251 e. The van der Waals surface area contributed by atoms with E-state index < -0.39 is 0 Å². The molecule has 1 aromatic carbocycles. The molecule has 3 heterocycles. The van der Waals surface area contributed by atoms with Crippen molar-refractivity contribution in [3.8, 4) is 10.6 Å². The number of benzene rings is 1. The molecule has 0 atom stereocenters. The van der Waals surface area contributed by atoms with Crippen LogP contribution in [-0.2, 0) is 7.05 Å². The highest BCUT2D eigenvalue weighted by Crippen LogP contribution is 2.35. The third-order valence-corrected chi connectivity index (χ3v) is 5.49. The van der Waals surface area contributed by atoms with Crippen LogP contribution in [0.25, 0.3) is 32.0 Å². The summed E-state index contributed by atoms with van der Waals surface area (Å²) in [5.74, 6) is 1.08. The van der Waals surface area contributed by atoms with Gasteiger partial charge in [-0.2, -0.15) is 0 Å². The minimum absolute atomic E-state index is 0.0683. The van der Waals surface area contributed by atoms with Crippen LogP contribution in [0.5, 0.6) is 0 Å². The zero-order valence-corrected chi connectivity index (χ0v) is 17.1. The van der Waals surface area contributed by atoms with Crippen LogP contribution in [0.2, 0.25) is 0 Å². The van der Waals surface area contributed by atoms with E-state index in [1.54, 1.807) is 6.33 Å². The number of amides is 1. The van der Waals surface area contributed by atoms with Gasteiger partial charge >= 0.3 is 0 Å². The van der Waals surface area contributed by atoms with E-state index in [1.165, 1.54) is 11.3 Å². The van der Waals surface area contributed by atoms with Crippen molar-refractivity contribution in [3.05, 3.63) is 36.2 Å². The van der Waals surface area contributed by atoms with Crippen LogP contribution in [0.15, 0.2) is 30.6 Å². The fourth-order valence-corrected chi connectivity index (χ4v) is 4.01. The van der Waals surface area contributed by atoms with Crippen LogP contribution < -0.4 is 10.6 Å². The second-order valence-electron chi connectivity index (χ2n) is 7.12. The number of thiazole rings is 1. The largest absolute Gasteiger partial charge is 0.371 e. The zero-order chi connectivity index (χ0) is 19.8. The molecule has 2 N–H and O–H groups in total. The number of rotatable bonds is 5. The van der Waals surface area contributed by atoms with E-state index in [0.717, 1.165) is 37.8 Å². The Morgan fingerprint density at radius 1 is 1.25 bits per heavy atom. The molecule has 0 unspecified atom stereocenters. The number of carbonyl (C=O) groups is 1. The van der Waals surface area contributed by atoms with Crippen molar-refractivity contribution >= 4 is 44.4 Å². The number of nitrogens with one attached hydrogen (secondary N) is 2. The summed E-state index contributed by atoms with van der Waals surface area (Å²) in [5.41, 5.74) is 4.11. The quantitative estimate of drug-likeness (QED) is 0.539. The van der Waals surface area contributed by atoms with Crippen molar-refractivity contribution in [1.82, 2.24) is 24.8 Å². The lowest BCUT2D eigenvalue weighted by molar-refractivity contribution is 0.0949. The van der Waals surface area contributed by atoms with Gasteiger partial charge in [-0.05, 0) is 18.1 Å². The molecule has 0 aliphatic carbocycles. The molecule has 144 valence electrons. The molecule has 0 spiro atoms. The van der Waals surface area contributed by atoms with E-state index in [9.17, 15) is 4.79 Å².